The maximum absolute atomic E-state index is 14.8. The molecule has 0 amide bonds. The van der Waals surface area contributed by atoms with Crippen LogP contribution in [0.4, 0.5) is 13.2 Å². The Morgan fingerprint density at radius 1 is 1.00 bits per heavy atom. The van der Waals surface area contributed by atoms with Gasteiger partial charge in [0.05, 0.1) is 11.3 Å². The summed E-state index contributed by atoms with van der Waals surface area (Å²) < 4.78 is 44.5. The van der Waals surface area contributed by atoms with Crippen LogP contribution in [0.1, 0.15) is 78.1 Å². The van der Waals surface area contributed by atoms with Crippen molar-refractivity contribution in [1.29, 1.82) is 0 Å². The van der Waals surface area contributed by atoms with Gasteiger partial charge >= 0.3 is 5.92 Å². The van der Waals surface area contributed by atoms with Crippen LogP contribution in [0, 0.1) is 0 Å². The summed E-state index contributed by atoms with van der Waals surface area (Å²) in [5.41, 5.74) is -0.389. The standard InChI is InChI=1S/C21H33F3P/c1-3-5-8-13-18(4-2)25(21(22,23)24,19-14-9-6-10-15-19)20-16-11-7-12-17-20/h6,9-10,14-15,18,20H,3-5,7-8,11-13,16-17H2,1-2H3/q+1. The topological polar surface area (TPSA) is 0 Å². The van der Waals surface area contributed by atoms with Crippen LogP contribution in [0.25, 0.3) is 0 Å². The minimum absolute atomic E-state index is 0.171. The number of hydrogen-bond acceptors (Lipinski definition) is 0. The van der Waals surface area contributed by atoms with E-state index in [0.29, 0.717) is 11.7 Å². The summed E-state index contributed by atoms with van der Waals surface area (Å²) in [6.45, 7) is 4.09. The minimum Gasteiger partial charge on any atom is -0.135 e. The molecule has 0 heterocycles. The molecule has 1 saturated carbocycles. The highest BCUT2D eigenvalue weighted by Gasteiger charge is 2.71. The van der Waals surface area contributed by atoms with Crippen molar-refractivity contribution in [2.45, 2.75) is 95.3 Å². The summed E-state index contributed by atoms with van der Waals surface area (Å²) >= 11 is 0. The van der Waals surface area contributed by atoms with Gasteiger partial charge < -0.3 is 0 Å². The zero-order chi connectivity index (χ0) is 18.3. The maximum Gasteiger partial charge on any atom is 0.514 e. The fourth-order valence-corrected chi connectivity index (χ4v) is 10.3. The number of unbranched alkanes of at least 4 members (excludes halogenated alkanes) is 2. The van der Waals surface area contributed by atoms with E-state index >= 15 is 0 Å². The Balaban J connectivity index is 2.53. The Morgan fingerprint density at radius 3 is 2.16 bits per heavy atom. The average molecular weight is 373 g/mol. The zero-order valence-corrected chi connectivity index (χ0v) is 16.6. The van der Waals surface area contributed by atoms with E-state index < -0.39 is 13.2 Å². The van der Waals surface area contributed by atoms with Gasteiger partial charge in [0.15, 0.2) is 7.26 Å². The Kier molecular flexibility index (Phi) is 7.80. The Labute approximate surface area is 151 Å². The molecule has 1 aliphatic carbocycles. The molecule has 1 aromatic rings. The third kappa shape index (κ3) is 4.41. The predicted molar refractivity (Wildman–Crippen MR) is 104 cm³/mol. The molecular weight excluding hydrogens is 340 g/mol. The fraction of sp³-hybridized carbons (Fsp3) is 0.714. The molecule has 1 fully saturated rings. The van der Waals surface area contributed by atoms with Crippen molar-refractivity contribution in [2.75, 3.05) is 0 Å². The second kappa shape index (κ2) is 9.40. The van der Waals surface area contributed by atoms with Gasteiger partial charge in [0.1, 0.15) is 5.30 Å². The van der Waals surface area contributed by atoms with Gasteiger partial charge in [0.2, 0.25) is 0 Å². The third-order valence-corrected chi connectivity index (χ3v) is 11.4. The normalized spacial score (nSPS) is 20.2. The first-order valence-electron chi connectivity index (χ1n) is 9.99. The Morgan fingerprint density at radius 2 is 1.64 bits per heavy atom. The number of hydrogen-bond donors (Lipinski definition) is 0. The van der Waals surface area contributed by atoms with E-state index in [1.54, 1.807) is 24.3 Å². The number of alkyl halides is 3. The van der Waals surface area contributed by atoms with Crippen molar-refractivity contribution in [1.82, 2.24) is 0 Å². The van der Waals surface area contributed by atoms with Crippen LogP contribution in [-0.2, 0) is 0 Å². The van der Waals surface area contributed by atoms with Crippen LogP contribution in [-0.4, -0.2) is 17.2 Å². The Hall–Kier alpha value is -0.560. The Bertz CT molecular complexity index is 494. The second-order valence-electron chi connectivity index (χ2n) is 7.43. The summed E-state index contributed by atoms with van der Waals surface area (Å²) in [7, 11) is -3.26. The molecule has 25 heavy (non-hydrogen) atoms. The van der Waals surface area contributed by atoms with Gasteiger partial charge in [-0.05, 0) is 57.1 Å². The molecule has 0 aliphatic heterocycles. The summed E-state index contributed by atoms with van der Waals surface area (Å²) in [5.74, 6) is -4.09. The average Bonchev–Trinajstić information content (AvgIpc) is 2.61. The molecule has 0 N–H and O–H groups in total. The van der Waals surface area contributed by atoms with E-state index in [4.69, 9.17) is 0 Å². The first-order valence-corrected chi connectivity index (χ1v) is 11.9. The van der Waals surface area contributed by atoms with Crippen molar-refractivity contribution in [2.24, 2.45) is 0 Å². The lowest BCUT2D eigenvalue weighted by Crippen LogP contribution is -2.41. The molecule has 0 radical (unpaired) electrons. The lowest BCUT2D eigenvalue weighted by atomic mass is 10.0. The van der Waals surface area contributed by atoms with Crippen molar-refractivity contribution < 1.29 is 13.2 Å². The van der Waals surface area contributed by atoms with Gasteiger partial charge in [-0.2, -0.15) is 0 Å². The van der Waals surface area contributed by atoms with Gasteiger partial charge in [-0.1, -0.05) is 51.3 Å². The third-order valence-electron chi connectivity index (χ3n) is 5.94. The van der Waals surface area contributed by atoms with E-state index in [1.165, 1.54) is 0 Å². The smallest absolute Gasteiger partial charge is 0.135 e. The first kappa shape index (κ1) is 20.7. The summed E-state index contributed by atoms with van der Waals surface area (Å²) in [6.07, 6.45) is 8.91. The molecular formula is C21H33F3P+. The number of benzene rings is 1. The zero-order valence-electron chi connectivity index (χ0n) is 15.7. The molecule has 0 spiro atoms. The summed E-state index contributed by atoms with van der Waals surface area (Å²) in [5, 5.41) is 0.609. The SMILES string of the molecule is CCCCCC(CC)[P+](c1ccccc1)(C1CCCCC1)C(F)(F)F. The van der Waals surface area contributed by atoms with Crippen LogP contribution in [0.15, 0.2) is 30.3 Å². The van der Waals surface area contributed by atoms with Crippen molar-refractivity contribution in [3.8, 4) is 0 Å². The second-order valence-corrected chi connectivity index (χ2v) is 11.5. The van der Waals surface area contributed by atoms with E-state index in [9.17, 15) is 13.2 Å². The molecule has 0 saturated heterocycles. The monoisotopic (exact) mass is 373 g/mol. The minimum atomic E-state index is -4.09. The summed E-state index contributed by atoms with van der Waals surface area (Å²) in [6, 6.07) is 9.00. The first-order chi connectivity index (χ1) is 12.0. The van der Waals surface area contributed by atoms with Crippen LogP contribution in [0.3, 0.4) is 0 Å². The molecule has 1 aliphatic rings. The molecule has 0 bridgehead atoms. The highest BCUT2D eigenvalue weighted by molar-refractivity contribution is 7.85. The largest absolute Gasteiger partial charge is 0.514 e. The van der Waals surface area contributed by atoms with Gasteiger partial charge in [0.25, 0.3) is 0 Å². The van der Waals surface area contributed by atoms with Crippen molar-refractivity contribution >= 4 is 12.6 Å². The van der Waals surface area contributed by atoms with E-state index in [0.717, 1.165) is 57.8 Å². The highest BCUT2D eigenvalue weighted by atomic mass is 31.2. The van der Waals surface area contributed by atoms with Crippen molar-refractivity contribution in [3.05, 3.63) is 30.3 Å². The molecule has 2 atom stereocenters. The lowest BCUT2D eigenvalue weighted by Gasteiger charge is -2.42. The number of rotatable bonds is 8. The van der Waals surface area contributed by atoms with Crippen LogP contribution in [0.2, 0.25) is 0 Å². The molecule has 4 heteroatoms. The molecule has 0 nitrogen and oxygen atoms in total. The highest BCUT2D eigenvalue weighted by Crippen LogP contribution is 2.79. The van der Waals surface area contributed by atoms with Gasteiger partial charge in [-0.15, -0.1) is 13.2 Å². The quantitative estimate of drug-likeness (QED) is 0.326. The van der Waals surface area contributed by atoms with Crippen molar-refractivity contribution in [3.63, 3.8) is 0 Å². The molecule has 0 aromatic heterocycles. The predicted octanol–water partition coefficient (Wildman–Crippen LogP) is 7.54. The van der Waals surface area contributed by atoms with Crippen LogP contribution >= 0.6 is 7.26 Å². The van der Waals surface area contributed by atoms with Gasteiger partial charge in [-0.3, -0.25) is 0 Å². The van der Waals surface area contributed by atoms with Gasteiger partial charge in [-0.25, -0.2) is 0 Å². The molecule has 1 aromatic carbocycles. The van der Waals surface area contributed by atoms with Gasteiger partial charge in [0, 0.05) is 0 Å². The number of halogens is 3. The molecule has 2 unspecified atom stereocenters. The van der Waals surface area contributed by atoms with Crippen LogP contribution in [0.5, 0.6) is 0 Å². The summed E-state index contributed by atoms with van der Waals surface area (Å²) in [4.78, 5) is 0. The fourth-order valence-electron chi connectivity index (χ4n) is 4.77. The van der Waals surface area contributed by atoms with E-state index in [-0.39, 0.29) is 11.3 Å². The van der Waals surface area contributed by atoms with E-state index in [1.807, 2.05) is 13.0 Å². The van der Waals surface area contributed by atoms with E-state index in [2.05, 4.69) is 6.92 Å². The lowest BCUT2D eigenvalue weighted by molar-refractivity contribution is -0.0450. The van der Waals surface area contributed by atoms with Crippen LogP contribution < -0.4 is 5.30 Å². The molecule has 2 rings (SSSR count). The maximum atomic E-state index is 14.8. The molecule has 142 valence electrons.